The Bertz CT molecular complexity index is 253. The van der Waals surface area contributed by atoms with E-state index in [1.54, 1.807) is 0 Å². The van der Waals surface area contributed by atoms with Crippen LogP contribution < -0.4 is 0 Å². The lowest BCUT2D eigenvalue weighted by Gasteiger charge is -2.27. The maximum Gasteiger partial charge on any atom is 0.267 e. The Labute approximate surface area is 74.2 Å². The van der Waals surface area contributed by atoms with Crippen molar-refractivity contribution >= 4 is 10.1 Å². The standard InChI is InChI=1S/C8H16O3S/c1-7-4-5-12(9,10)11-6-8(7,2)3/h7H,4-6H2,1-3H3. The largest absolute Gasteiger partial charge is 0.270 e. The third-order valence-corrected chi connectivity index (χ3v) is 3.96. The Morgan fingerprint density at radius 3 is 2.58 bits per heavy atom. The van der Waals surface area contributed by atoms with Crippen LogP contribution in [0.2, 0.25) is 0 Å². The predicted octanol–water partition coefficient (Wildman–Crippen LogP) is 1.40. The Hall–Kier alpha value is -0.0900. The second-order valence-electron chi connectivity index (χ2n) is 4.20. The van der Waals surface area contributed by atoms with Crippen LogP contribution in [0.25, 0.3) is 0 Å². The monoisotopic (exact) mass is 192 g/mol. The summed E-state index contributed by atoms with van der Waals surface area (Å²) < 4.78 is 27.0. The molecule has 0 aromatic carbocycles. The highest BCUT2D eigenvalue weighted by atomic mass is 32.2. The summed E-state index contributed by atoms with van der Waals surface area (Å²) >= 11 is 0. The zero-order chi connectivity index (χ0) is 9.41. The van der Waals surface area contributed by atoms with Crippen molar-refractivity contribution in [1.82, 2.24) is 0 Å². The van der Waals surface area contributed by atoms with Gasteiger partial charge in [-0.1, -0.05) is 20.8 Å². The first kappa shape index (κ1) is 9.99. The number of hydrogen-bond donors (Lipinski definition) is 0. The smallest absolute Gasteiger partial charge is 0.267 e. The van der Waals surface area contributed by atoms with Crippen LogP contribution >= 0.6 is 0 Å². The molecule has 0 spiro atoms. The van der Waals surface area contributed by atoms with E-state index in [2.05, 4.69) is 6.92 Å². The molecule has 0 saturated carbocycles. The van der Waals surface area contributed by atoms with Crippen molar-refractivity contribution in [2.45, 2.75) is 27.2 Å². The Morgan fingerprint density at radius 2 is 2.00 bits per heavy atom. The Kier molecular flexibility index (Phi) is 2.50. The molecule has 3 nitrogen and oxygen atoms in total. The molecular weight excluding hydrogens is 176 g/mol. The minimum atomic E-state index is -3.22. The second-order valence-corrected chi connectivity index (χ2v) is 5.96. The molecule has 1 fully saturated rings. The SMILES string of the molecule is CC1CCS(=O)(=O)OCC1(C)C. The van der Waals surface area contributed by atoms with E-state index in [0.717, 1.165) is 0 Å². The summed E-state index contributed by atoms with van der Waals surface area (Å²) in [6, 6.07) is 0. The van der Waals surface area contributed by atoms with E-state index in [4.69, 9.17) is 4.18 Å². The quantitative estimate of drug-likeness (QED) is 0.545. The number of rotatable bonds is 0. The van der Waals surface area contributed by atoms with Crippen LogP contribution in [-0.2, 0) is 14.3 Å². The first-order valence-electron chi connectivity index (χ1n) is 4.21. The lowest BCUT2D eigenvalue weighted by Crippen LogP contribution is -2.25. The van der Waals surface area contributed by atoms with Gasteiger partial charge in [0.1, 0.15) is 0 Å². The van der Waals surface area contributed by atoms with Crippen LogP contribution in [0.3, 0.4) is 0 Å². The minimum Gasteiger partial charge on any atom is -0.270 e. The van der Waals surface area contributed by atoms with Gasteiger partial charge in [0.2, 0.25) is 0 Å². The van der Waals surface area contributed by atoms with Crippen molar-refractivity contribution in [2.24, 2.45) is 11.3 Å². The van der Waals surface area contributed by atoms with Crippen LogP contribution in [0, 0.1) is 11.3 Å². The molecule has 12 heavy (non-hydrogen) atoms. The number of hydrogen-bond acceptors (Lipinski definition) is 3. The fraction of sp³-hybridized carbons (Fsp3) is 1.00. The van der Waals surface area contributed by atoms with E-state index in [1.807, 2.05) is 13.8 Å². The molecule has 1 aliphatic heterocycles. The predicted molar refractivity (Wildman–Crippen MR) is 47.3 cm³/mol. The van der Waals surface area contributed by atoms with Crippen molar-refractivity contribution in [2.75, 3.05) is 12.4 Å². The van der Waals surface area contributed by atoms with Gasteiger partial charge in [-0.15, -0.1) is 0 Å². The van der Waals surface area contributed by atoms with E-state index in [-0.39, 0.29) is 11.2 Å². The lowest BCUT2D eigenvalue weighted by molar-refractivity contribution is 0.137. The van der Waals surface area contributed by atoms with Gasteiger partial charge in [0.05, 0.1) is 12.4 Å². The molecule has 0 amide bonds. The van der Waals surface area contributed by atoms with Gasteiger partial charge in [-0.3, -0.25) is 4.18 Å². The topological polar surface area (TPSA) is 43.4 Å². The van der Waals surface area contributed by atoms with Crippen LogP contribution in [-0.4, -0.2) is 20.8 Å². The van der Waals surface area contributed by atoms with Gasteiger partial charge >= 0.3 is 0 Å². The van der Waals surface area contributed by atoms with E-state index >= 15 is 0 Å². The Morgan fingerprint density at radius 1 is 1.42 bits per heavy atom. The second kappa shape index (κ2) is 3.00. The van der Waals surface area contributed by atoms with Gasteiger partial charge in [-0.25, -0.2) is 0 Å². The zero-order valence-corrected chi connectivity index (χ0v) is 8.65. The summed E-state index contributed by atoms with van der Waals surface area (Å²) in [7, 11) is -3.22. The van der Waals surface area contributed by atoms with Crippen LogP contribution in [0.4, 0.5) is 0 Å². The average molecular weight is 192 g/mol. The van der Waals surface area contributed by atoms with E-state index < -0.39 is 10.1 Å². The van der Waals surface area contributed by atoms with Crippen molar-refractivity contribution < 1.29 is 12.6 Å². The molecule has 1 saturated heterocycles. The summed E-state index contributed by atoms with van der Waals surface area (Å²) in [5, 5.41) is 0. The third-order valence-electron chi connectivity index (χ3n) is 2.75. The molecule has 1 heterocycles. The molecule has 0 aromatic heterocycles. The maximum absolute atomic E-state index is 11.1. The molecule has 4 heteroatoms. The van der Waals surface area contributed by atoms with E-state index in [0.29, 0.717) is 18.9 Å². The molecule has 0 aliphatic carbocycles. The van der Waals surface area contributed by atoms with E-state index in [9.17, 15) is 8.42 Å². The van der Waals surface area contributed by atoms with Gasteiger partial charge in [0.15, 0.2) is 0 Å². The fourth-order valence-corrected chi connectivity index (χ4v) is 2.40. The highest BCUT2D eigenvalue weighted by molar-refractivity contribution is 7.86. The summed E-state index contributed by atoms with van der Waals surface area (Å²) in [6.07, 6.45) is 0.704. The first-order valence-corrected chi connectivity index (χ1v) is 5.78. The van der Waals surface area contributed by atoms with Gasteiger partial charge in [-0.2, -0.15) is 8.42 Å². The van der Waals surface area contributed by atoms with Crippen molar-refractivity contribution in [3.63, 3.8) is 0 Å². The highest BCUT2D eigenvalue weighted by Crippen LogP contribution is 2.32. The average Bonchev–Trinajstić information content (AvgIpc) is 2.03. The van der Waals surface area contributed by atoms with Gasteiger partial charge < -0.3 is 0 Å². The zero-order valence-electron chi connectivity index (χ0n) is 7.83. The summed E-state index contributed by atoms with van der Waals surface area (Å²) in [4.78, 5) is 0. The summed E-state index contributed by atoms with van der Waals surface area (Å²) in [5.41, 5.74) is -0.0242. The fourth-order valence-electron chi connectivity index (χ4n) is 1.15. The lowest BCUT2D eigenvalue weighted by atomic mass is 9.79. The Balaban J connectivity index is 2.80. The molecule has 1 unspecified atom stereocenters. The molecule has 1 atom stereocenters. The minimum absolute atomic E-state index is 0.0242. The highest BCUT2D eigenvalue weighted by Gasteiger charge is 2.32. The maximum atomic E-state index is 11.1. The molecule has 72 valence electrons. The van der Waals surface area contributed by atoms with Crippen molar-refractivity contribution in [1.29, 1.82) is 0 Å². The normalized spacial score (nSPS) is 34.1. The molecular formula is C8H16O3S. The molecule has 1 aliphatic rings. The third kappa shape index (κ3) is 2.20. The first-order chi connectivity index (χ1) is 5.33. The van der Waals surface area contributed by atoms with Crippen molar-refractivity contribution in [3.05, 3.63) is 0 Å². The molecule has 0 bridgehead atoms. The molecule has 0 N–H and O–H groups in total. The van der Waals surface area contributed by atoms with Crippen LogP contribution in [0.1, 0.15) is 27.2 Å². The molecule has 0 radical (unpaired) electrons. The summed E-state index contributed by atoms with van der Waals surface area (Å²) in [5.74, 6) is 0.562. The van der Waals surface area contributed by atoms with Crippen LogP contribution in [0.5, 0.6) is 0 Å². The molecule has 0 aromatic rings. The van der Waals surface area contributed by atoms with Gasteiger partial charge in [-0.05, 0) is 17.8 Å². The van der Waals surface area contributed by atoms with Gasteiger partial charge in [0.25, 0.3) is 10.1 Å². The van der Waals surface area contributed by atoms with Crippen LogP contribution in [0.15, 0.2) is 0 Å². The van der Waals surface area contributed by atoms with E-state index in [1.165, 1.54) is 0 Å². The van der Waals surface area contributed by atoms with Crippen molar-refractivity contribution in [3.8, 4) is 0 Å². The molecule has 1 rings (SSSR count). The van der Waals surface area contributed by atoms with Gasteiger partial charge in [0, 0.05) is 0 Å². The summed E-state index contributed by atoms with van der Waals surface area (Å²) in [6.45, 7) is 6.47.